The molecule has 0 radical (unpaired) electrons. The SMILES string of the molecule is CC1=CC(C2CC(=O)N(C)C2=O)CC2C(=O)N(c3cc(C(C)(C)c4ccc(O)c(C)c4)ccc3O)C(=O)C12. The number of phenols is 2. The second kappa shape index (κ2) is 8.82. The number of anilines is 1. The molecule has 0 aromatic heterocycles. The highest BCUT2D eigenvalue weighted by molar-refractivity contribution is 6.23. The lowest BCUT2D eigenvalue weighted by Crippen LogP contribution is -2.33. The number of hydrogen-bond acceptors (Lipinski definition) is 6. The maximum absolute atomic E-state index is 13.7. The van der Waals surface area contributed by atoms with E-state index in [1.165, 1.54) is 13.1 Å². The topological polar surface area (TPSA) is 115 Å². The van der Waals surface area contributed by atoms with Gasteiger partial charge in [-0.15, -0.1) is 0 Å². The van der Waals surface area contributed by atoms with E-state index in [0.717, 1.165) is 26.5 Å². The predicted molar refractivity (Wildman–Crippen MR) is 140 cm³/mol. The van der Waals surface area contributed by atoms with Gasteiger partial charge in [0.2, 0.25) is 23.6 Å². The molecule has 0 saturated carbocycles. The number of allylic oxidation sites excluding steroid dienone is 1. The molecule has 3 aliphatic rings. The summed E-state index contributed by atoms with van der Waals surface area (Å²) in [6, 6.07) is 10.3. The van der Waals surface area contributed by atoms with Crippen molar-refractivity contribution < 1.29 is 29.4 Å². The van der Waals surface area contributed by atoms with Crippen molar-refractivity contribution in [3.8, 4) is 11.5 Å². The van der Waals surface area contributed by atoms with Gasteiger partial charge in [0, 0.05) is 18.9 Å². The number of rotatable bonds is 4. The molecule has 2 N–H and O–H groups in total. The first kappa shape index (κ1) is 25.7. The molecule has 4 amide bonds. The van der Waals surface area contributed by atoms with Crippen molar-refractivity contribution in [2.24, 2.45) is 23.7 Å². The van der Waals surface area contributed by atoms with E-state index >= 15 is 0 Å². The second-order valence-corrected chi connectivity index (χ2v) is 11.3. The summed E-state index contributed by atoms with van der Waals surface area (Å²) < 4.78 is 0. The van der Waals surface area contributed by atoms with E-state index in [9.17, 15) is 29.4 Å². The number of nitrogens with zero attached hydrogens (tertiary/aromatic N) is 2. The van der Waals surface area contributed by atoms with Crippen LogP contribution in [0, 0.1) is 30.6 Å². The number of aromatic hydroxyl groups is 2. The van der Waals surface area contributed by atoms with Crippen LogP contribution in [0.5, 0.6) is 11.5 Å². The van der Waals surface area contributed by atoms with E-state index < -0.39 is 35.0 Å². The molecule has 0 bridgehead atoms. The molecular weight excluding hydrogens is 484 g/mol. The molecule has 2 aromatic carbocycles. The minimum absolute atomic E-state index is 0.0989. The Kier molecular flexibility index (Phi) is 5.97. The maximum Gasteiger partial charge on any atom is 0.241 e. The molecule has 0 spiro atoms. The fourth-order valence-corrected chi connectivity index (χ4v) is 6.22. The van der Waals surface area contributed by atoms with Gasteiger partial charge in [0.15, 0.2) is 0 Å². The normalized spacial score (nSPS) is 25.8. The molecule has 2 fully saturated rings. The first-order chi connectivity index (χ1) is 17.8. The molecule has 8 nitrogen and oxygen atoms in total. The van der Waals surface area contributed by atoms with Gasteiger partial charge in [0.05, 0.1) is 23.4 Å². The van der Waals surface area contributed by atoms with Crippen molar-refractivity contribution in [3.05, 3.63) is 64.7 Å². The lowest BCUT2D eigenvalue weighted by Gasteiger charge is -2.29. The molecule has 2 saturated heterocycles. The number of phenolic OH excluding ortho intramolecular Hbond substituents is 2. The molecule has 5 rings (SSSR count). The molecule has 198 valence electrons. The molecule has 8 heteroatoms. The number of aryl methyl sites for hydroxylation is 1. The standard InChI is InChI=1S/C30H32N2O6/c1-15-11-18(6-8-23(15)33)30(3,4)19-7-9-24(34)22(13-19)32-28(37)21-12-17(10-16(2)26(21)29(32)38)20-14-25(35)31(5)27(20)36/h6-11,13,17,20-21,26,33-34H,12,14H2,1-5H3. The van der Waals surface area contributed by atoms with Crippen molar-refractivity contribution in [1.29, 1.82) is 0 Å². The summed E-state index contributed by atoms with van der Waals surface area (Å²) >= 11 is 0. The molecule has 4 unspecified atom stereocenters. The number of amides is 4. The van der Waals surface area contributed by atoms with Crippen LogP contribution >= 0.6 is 0 Å². The van der Waals surface area contributed by atoms with E-state index in [-0.39, 0.29) is 41.3 Å². The third-order valence-electron chi connectivity index (χ3n) is 8.71. The number of benzene rings is 2. The van der Waals surface area contributed by atoms with E-state index in [2.05, 4.69) is 0 Å². The molecular formula is C30H32N2O6. The van der Waals surface area contributed by atoms with Gasteiger partial charge in [-0.05, 0) is 61.1 Å². The van der Waals surface area contributed by atoms with Crippen molar-refractivity contribution in [1.82, 2.24) is 4.90 Å². The Hall–Kier alpha value is -3.94. The summed E-state index contributed by atoms with van der Waals surface area (Å²) in [5.41, 5.74) is 2.73. The number of likely N-dealkylation sites (tertiary alicyclic amines) is 1. The summed E-state index contributed by atoms with van der Waals surface area (Å²) in [5, 5.41) is 20.7. The highest BCUT2D eigenvalue weighted by atomic mass is 16.3. The van der Waals surface area contributed by atoms with Gasteiger partial charge in [-0.25, -0.2) is 4.90 Å². The Bertz CT molecular complexity index is 1420. The summed E-state index contributed by atoms with van der Waals surface area (Å²) in [7, 11) is 1.47. The number of fused-ring (bicyclic) bond motifs is 1. The van der Waals surface area contributed by atoms with Crippen LogP contribution in [-0.4, -0.2) is 45.8 Å². The number of imide groups is 2. The van der Waals surface area contributed by atoms with E-state index in [0.29, 0.717) is 12.0 Å². The van der Waals surface area contributed by atoms with Gasteiger partial charge in [-0.2, -0.15) is 0 Å². The Morgan fingerprint density at radius 3 is 2.08 bits per heavy atom. The van der Waals surface area contributed by atoms with Gasteiger partial charge in [0.1, 0.15) is 11.5 Å². The van der Waals surface area contributed by atoms with Crippen molar-refractivity contribution in [2.75, 3.05) is 11.9 Å². The molecule has 2 aliphatic heterocycles. The Morgan fingerprint density at radius 2 is 1.47 bits per heavy atom. The van der Waals surface area contributed by atoms with E-state index in [1.807, 2.05) is 39.0 Å². The first-order valence-electron chi connectivity index (χ1n) is 12.8. The number of carbonyl (C=O) groups is 4. The Morgan fingerprint density at radius 1 is 0.842 bits per heavy atom. The van der Waals surface area contributed by atoms with Crippen molar-refractivity contribution in [2.45, 2.75) is 46.0 Å². The first-order valence-corrected chi connectivity index (χ1v) is 12.8. The largest absolute Gasteiger partial charge is 0.508 e. The zero-order chi connectivity index (χ0) is 27.7. The molecule has 4 atom stereocenters. The number of hydrogen-bond donors (Lipinski definition) is 2. The van der Waals surface area contributed by atoms with Gasteiger partial charge < -0.3 is 10.2 Å². The fraction of sp³-hybridized carbons (Fsp3) is 0.400. The lowest BCUT2D eigenvalue weighted by atomic mass is 9.71. The quantitative estimate of drug-likeness (QED) is 0.472. The third kappa shape index (κ3) is 3.81. The zero-order valence-corrected chi connectivity index (χ0v) is 22.2. The number of carbonyl (C=O) groups excluding carboxylic acids is 4. The molecule has 1 aliphatic carbocycles. The van der Waals surface area contributed by atoms with Crippen LogP contribution in [0.25, 0.3) is 0 Å². The minimum atomic E-state index is -0.667. The van der Waals surface area contributed by atoms with Crippen LogP contribution in [0.1, 0.15) is 50.3 Å². The van der Waals surface area contributed by atoms with Gasteiger partial charge >= 0.3 is 0 Å². The minimum Gasteiger partial charge on any atom is -0.508 e. The lowest BCUT2D eigenvalue weighted by molar-refractivity contribution is -0.138. The summed E-state index contributed by atoms with van der Waals surface area (Å²) in [4.78, 5) is 54.3. The predicted octanol–water partition coefficient (Wildman–Crippen LogP) is 3.81. The van der Waals surface area contributed by atoms with E-state index in [1.54, 1.807) is 25.1 Å². The smallest absolute Gasteiger partial charge is 0.241 e. The highest BCUT2D eigenvalue weighted by Gasteiger charge is 2.54. The Balaban J connectivity index is 1.48. The van der Waals surface area contributed by atoms with E-state index in [4.69, 9.17) is 0 Å². The zero-order valence-electron chi connectivity index (χ0n) is 22.2. The summed E-state index contributed by atoms with van der Waals surface area (Å²) in [6.45, 7) is 7.60. The monoisotopic (exact) mass is 516 g/mol. The van der Waals surface area contributed by atoms with Crippen LogP contribution in [-0.2, 0) is 24.6 Å². The third-order valence-corrected chi connectivity index (χ3v) is 8.71. The van der Waals surface area contributed by atoms with Crippen molar-refractivity contribution >= 4 is 29.3 Å². The molecule has 38 heavy (non-hydrogen) atoms. The van der Waals surface area contributed by atoms with Crippen LogP contribution in [0.2, 0.25) is 0 Å². The average Bonchev–Trinajstić information content (AvgIpc) is 3.27. The highest BCUT2D eigenvalue weighted by Crippen LogP contribution is 2.48. The van der Waals surface area contributed by atoms with Crippen LogP contribution in [0.15, 0.2) is 48.0 Å². The average molecular weight is 517 g/mol. The molecule has 2 aromatic rings. The van der Waals surface area contributed by atoms with Crippen molar-refractivity contribution in [3.63, 3.8) is 0 Å². The summed E-state index contributed by atoms with van der Waals surface area (Å²) in [5.74, 6) is -3.46. The van der Waals surface area contributed by atoms with Crippen LogP contribution in [0.3, 0.4) is 0 Å². The van der Waals surface area contributed by atoms with Gasteiger partial charge in [-0.3, -0.25) is 24.1 Å². The second-order valence-electron chi connectivity index (χ2n) is 11.3. The van der Waals surface area contributed by atoms with Gasteiger partial charge in [-0.1, -0.05) is 43.7 Å². The van der Waals surface area contributed by atoms with Gasteiger partial charge in [0.25, 0.3) is 0 Å². The maximum atomic E-state index is 13.7. The molecule has 2 heterocycles. The van der Waals surface area contributed by atoms with Crippen LogP contribution < -0.4 is 4.90 Å². The fourth-order valence-electron chi connectivity index (χ4n) is 6.22. The summed E-state index contributed by atoms with van der Waals surface area (Å²) in [6.07, 6.45) is 2.26. The Labute approximate surface area is 221 Å². The van der Waals surface area contributed by atoms with Crippen LogP contribution in [0.4, 0.5) is 5.69 Å².